The molecule has 2 aromatic rings. The van der Waals surface area contributed by atoms with Gasteiger partial charge in [0.2, 0.25) is 0 Å². The fourth-order valence-electron chi connectivity index (χ4n) is 3.76. The van der Waals surface area contributed by atoms with Gasteiger partial charge in [-0.2, -0.15) is 5.10 Å². The van der Waals surface area contributed by atoms with Crippen LogP contribution in [0.3, 0.4) is 0 Å². The molecule has 154 valence electrons. The van der Waals surface area contributed by atoms with Crippen LogP contribution in [0.2, 0.25) is 0 Å². The van der Waals surface area contributed by atoms with Crippen LogP contribution in [0.5, 0.6) is 0 Å². The monoisotopic (exact) mass is 495 g/mol. The maximum Gasteiger partial charge on any atom is 0.193 e. The number of nitrogens with one attached hydrogen (secondary N) is 1. The average Bonchev–Trinajstić information content (AvgIpc) is 3.31. The van der Waals surface area contributed by atoms with Crippen molar-refractivity contribution in [3.63, 3.8) is 0 Å². The molecule has 1 aliphatic heterocycles. The van der Waals surface area contributed by atoms with Gasteiger partial charge in [0.1, 0.15) is 0 Å². The quantitative estimate of drug-likeness (QED) is 0.362. The molecule has 1 saturated heterocycles. The van der Waals surface area contributed by atoms with Crippen molar-refractivity contribution in [2.45, 2.75) is 39.5 Å². The Labute approximate surface area is 186 Å². The molecule has 2 heterocycles. The zero-order chi connectivity index (χ0) is 19.1. The zero-order valence-electron chi connectivity index (χ0n) is 17.4. The molecule has 1 atom stereocenters. The molecule has 3 rings (SSSR count). The number of likely N-dealkylation sites (tertiary alicyclic amines) is 1. The van der Waals surface area contributed by atoms with Gasteiger partial charge in [0.05, 0.1) is 6.20 Å². The second-order valence-electron chi connectivity index (χ2n) is 7.48. The molecule has 0 spiro atoms. The third kappa shape index (κ3) is 6.50. The number of benzene rings is 1. The number of aliphatic imine (C=N–C) groups is 1. The highest BCUT2D eigenvalue weighted by atomic mass is 127. The SMILES string of the molecule is CCNC(=NCCc1ccc(CC)cc1)N1CCC(Cc2cnn(C)c2)C1.I. The lowest BCUT2D eigenvalue weighted by Crippen LogP contribution is -2.40. The summed E-state index contributed by atoms with van der Waals surface area (Å²) in [5.41, 5.74) is 4.09. The Morgan fingerprint density at radius 3 is 2.57 bits per heavy atom. The van der Waals surface area contributed by atoms with Crippen LogP contribution in [-0.2, 0) is 26.3 Å². The molecule has 1 aliphatic rings. The maximum absolute atomic E-state index is 4.89. The van der Waals surface area contributed by atoms with Gasteiger partial charge in [-0.15, -0.1) is 24.0 Å². The molecule has 1 fully saturated rings. The van der Waals surface area contributed by atoms with Gasteiger partial charge in [-0.3, -0.25) is 9.67 Å². The van der Waals surface area contributed by atoms with Gasteiger partial charge in [0.15, 0.2) is 5.96 Å². The standard InChI is InChI=1S/C22H33N5.HI/c1-4-18-6-8-19(9-7-18)10-12-24-22(23-5-2)27-13-11-20(17-27)14-21-15-25-26(3)16-21;/h6-9,15-16,20H,4-5,10-14,17H2,1-3H3,(H,23,24);1H. The summed E-state index contributed by atoms with van der Waals surface area (Å²) in [4.78, 5) is 7.32. The third-order valence-corrected chi connectivity index (χ3v) is 5.30. The molecular weight excluding hydrogens is 461 g/mol. The summed E-state index contributed by atoms with van der Waals surface area (Å²) in [6.45, 7) is 8.24. The number of nitrogens with zero attached hydrogens (tertiary/aromatic N) is 4. The van der Waals surface area contributed by atoms with E-state index in [9.17, 15) is 0 Å². The topological polar surface area (TPSA) is 45.5 Å². The van der Waals surface area contributed by atoms with Crippen LogP contribution in [0.15, 0.2) is 41.7 Å². The molecule has 1 unspecified atom stereocenters. The summed E-state index contributed by atoms with van der Waals surface area (Å²) in [7, 11) is 1.98. The van der Waals surface area contributed by atoms with Crippen LogP contribution in [0.25, 0.3) is 0 Å². The molecule has 1 aromatic carbocycles. The highest BCUT2D eigenvalue weighted by Gasteiger charge is 2.25. The van der Waals surface area contributed by atoms with Gasteiger partial charge in [-0.1, -0.05) is 31.2 Å². The van der Waals surface area contributed by atoms with E-state index >= 15 is 0 Å². The fourth-order valence-corrected chi connectivity index (χ4v) is 3.76. The zero-order valence-corrected chi connectivity index (χ0v) is 19.7. The van der Waals surface area contributed by atoms with E-state index in [0.29, 0.717) is 5.92 Å². The van der Waals surface area contributed by atoms with Crippen molar-refractivity contribution in [1.82, 2.24) is 20.0 Å². The lowest BCUT2D eigenvalue weighted by atomic mass is 10.0. The summed E-state index contributed by atoms with van der Waals surface area (Å²) >= 11 is 0. The number of hydrogen-bond donors (Lipinski definition) is 1. The largest absolute Gasteiger partial charge is 0.357 e. The molecule has 28 heavy (non-hydrogen) atoms. The highest BCUT2D eigenvalue weighted by molar-refractivity contribution is 14.0. The van der Waals surface area contributed by atoms with E-state index in [1.165, 1.54) is 23.1 Å². The first-order valence-electron chi connectivity index (χ1n) is 10.3. The molecule has 0 radical (unpaired) electrons. The van der Waals surface area contributed by atoms with Gasteiger partial charge < -0.3 is 10.2 Å². The second kappa shape index (κ2) is 11.4. The maximum atomic E-state index is 4.89. The van der Waals surface area contributed by atoms with Crippen molar-refractivity contribution in [3.05, 3.63) is 53.3 Å². The Bertz CT molecular complexity index is 738. The molecule has 0 amide bonds. The van der Waals surface area contributed by atoms with Crippen LogP contribution in [0.4, 0.5) is 0 Å². The van der Waals surface area contributed by atoms with Gasteiger partial charge in [-0.05, 0) is 55.2 Å². The van der Waals surface area contributed by atoms with Crippen molar-refractivity contribution < 1.29 is 0 Å². The first-order chi connectivity index (χ1) is 13.2. The highest BCUT2D eigenvalue weighted by Crippen LogP contribution is 2.20. The Morgan fingerprint density at radius 1 is 1.18 bits per heavy atom. The predicted molar refractivity (Wildman–Crippen MR) is 128 cm³/mol. The van der Waals surface area contributed by atoms with E-state index in [1.54, 1.807) is 0 Å². The minimum Gasteiger partial charge on any atom is -0.357 e. The van der Waals surface area contributed by atoms with Gasteiger partial charge in [-0.25, -0.2) is 0 Å². The molecule has 6 heteroatoms. The van der Waals surface area contributed by atoms with Crippen molar-refractivity contribution in [2.24, 2.45) is 18.0 Å². The lowest BCUT2D eigenvalue weighted by molar-refractivity contribution is 0.460. The molecule has 1 aromatic heterocycles. The average molecular weight is 495 g/mol. The Balaban J connectivity index is 0.00000280. The van der Waals surface area contributed by atoms with E-state index in [2.05, 4.69) is 59.6 Å². The summed E-state index contributed by atoms with van der Waals surface area (Å²) in [5.74, 6) is 1.75. The van der Waals surface area contributed by atoms with E-state index in [0.717, 1.165) is 51.4 Å². The van der Waals surface area contributed by atoms with Crippen molar-refractivity contribution >= 4 is 29.9 Å². The minimum atomic E-state index is 0. The van der Waals surface area contributed by atoms with Crippen molar-refractivity contribution in [1.29, 1.82) is 0 Å². The Morgan fingerprint density at radius 2 is 1.93 bits per heavy atom. The van der Waals surface area contributed by atoms with Crippen LogP contribution in [-0.4, -0.2) is 46.8 Å². The normalized spacial score (nSPS) is 16.9. The Hall–Kier alpha value is -1.57. The predicted octanol–water partition coefficient (Wildman–Crippen LogP) is 3.67. The van der Waals surface area contributed by atoms with Crippen molar-refractivity contribution in [3.8, 4) is 0 Å². The van der Waals surface area contributed by atoms with E-state index in [4.69, 9.17) is 4.99 Å². The summed E-state index contributed by atoms with van der Waals surface area (Å²) in [6.07, 6.45) is 8.53. The minimum absolute atomic E-state index is 0. The molecule has 0 aliphatic carbocycles. The number of rotatable bonds is 7. The van der Waals surface area contributed by atoms with Gasteiger partial charge in [0, 0.05) is 39.4 Å². The smallest absolute Gasteiger partial charge is 0.193 e. The fraction of sp³-hybridized carbons (Fsp3) is 0.545. The summed E-state index contributed by atoms with van der Waals surface area (Å²) < 4.78 is 1.89. The molecule has 0 bridgehead atoms. The second-order valence-corrected chi connectivity index (χ2v) is 7.48. The van der Waals surface area contributed by atoms with E-state index in [-0.39, 0.29) is 24.0 Å². The first-order valence-corrected chi connectivity index (χ1v) is 10.3. The van der Waals surface area contributed by atoms with Crippen LogP contribution >= 0.6 is 24.0 Å². The van der Waals surface area contributed by atoms with Gasteiger partial charge in [0.25, 0.3) is 0 Å². The third-order valence-electron chi connectivity index (χ3n) is 5.30. The van der Waals surface area contributed by atoms with E-state index < -0.39 is 0 Å². The van der Waals surface area contributed by atoms with Crippen molar-refractivity contribution in [2.75, 3.05) is 26.2 Å². The van der Waals surface area contributed by atoms with Crippen LogP contribution in [0, 0.1) is 5.92 Å². The Kier molecular flexibility index (Phi) is 9.28. The van der Waals surface area contributed by atoms with E-state index in [1.807, 2.05) is 17.9 Å². The summed E-state index contributed by atoms with van der Waals surface area (Å²) in [6, 6.07) is 8.93. The molecule has 0 saturated carbocycles. The van der Waals surface area contributed by atoms with Crippen LogP contribution in [0.1, 0.15) is 37.0 Å². The number of halogens is 1. The number of aryl methyl sites for hydroxylation is 2. The number of hydrogen-bond acceptors (Lipinski definition) is 2. The molecular formula is C22H34IN5. The van der Waals surface area contributed by atoms with Crippen LogP contribution < -0.4 is 5.32 Å². The van der Waals surface area contributed by atoms with Gasteiger partial charge >= 0.3 is 0 Å². The first kappa shape index (κ1) is 22.7. The number of aromatic nitrogens is 2. The molecule has 1 N–H and O–H groups in total. The summed E-state index contributed by atoms with van der Waals surface area (Å²) in [5, 5.41) is 7.77. The lowest BCUT2D eigenvalue weighted by Gasteiger charge is -2.21. The molecule has 5 nitrogen and oxygen atoms in total. The number of guanidine groups is 1.